The third kappa shape index (κ3) is 3.16. The standard InChI is InChI=1S/C13H16Cl2N2O/c1-9-13(18)17(6-2-5-16-9)8-10-3-4-11(14)12(15)7-10/h3-4,7,9,16H,2,5-6,8H2,1H3. The highest BCUT2D eigenvalue weighted by Gasteiger charge is 2.22. The second-order valence-corrected chi connectivity index (χ2v) is 5.35. The number of carbonyl (C=O) groups is 1. The largest absolute Gasteiger partial charge is 0.337 e. The van der Waals surface area contributed by atoms with Gasteiger partial charge in [-0.3, -0.25) is 4.79 Å². The maximum Gasteiger partial charge on any atom is 0.239 e. The van der Waals surface area contributed by atoms with E-state index in [4.69, 9.17) is 23.2 Å². The molecule has 1 N–H and O–H groups in total. The summed E-state index contributed by atoms with van der Waals surface area (Å²) < 4.78 is 0. The summed E-state index contributed by atoms with van der Waals surface area (Å²) in [4.78, 5) is 14.0. The third-order valence-corrected chi connectivity index (χ3v) is 3.83. The lowest BCUT2D eigenvalue weighted by Gasteiger charge is -2.22. The van der Waals surface area contributed by atoms with Gasteiger partial charge in [0.1, 0.15) is 0 Å². The molecule has 1 aromatic carbocycles. The van der Waals surface area contributed by atoms with Gasteiger partial charge in [-0.15, -0.1) is 0 Å². The minimum absolute atomic E-state index is 0.115. The van der Waals surface area contributed by atoms with Crippen molar-refractivity contribution in [1.82, 2.24) is 10.2 Å². The Balaban J connectivity index is 2.11. The van der Waals surface area contributed by atoms with Gasteiger partial charge in [0.2, 0.25) is 5.91 Å². The predicted octanol–water partition coefficient (Wildman–Crippen LogP) is 2.70. The number of amides is 1. The summed E-state index contributed by atoms with van der Waals surface area (Å²) in [6, 6.07) is 5.38. The summed E-state index contributed by atoms with van der Waals surface area (Å²) >= 11 is 11.9. The molecule has 1 aliphatic heterocycles. The van der Waals surface area contributed by atoms with Crippen LogP contribution in [-0.2, 0) is 11.3 Å². The summed E-state index contributed by atoms with van der Waals surface area (Å²) in [7, 11) is 0. The van der Waals surface area contributed by atoms with Crippen LogP contribution in [0, 0.1) is 0 Å². The van der Waals surface area contributed by atoms with E-state index in [0.29, 0.717) is 16.6 Å². The number of halogens is 2. The number of rotatable bonds is 2. The van der Waals surface area contributed by atoms with Crippen LogP contribution in [0.15, 0.2) is 18.2 Å². The molecule has 1 aromatic rings. The molecule has 1 fully saturated rings. The summed E-state index contributed by atoms with van der Waals surface area (Å²) in [6.07, 6.45) is 0.970. The molecule has 0 saturated carbocycles. The van der Waals surface area contributed by atoms with Gasteiger partial charge in [0, 0.05) is 13.1 Å². The average Bonchev–Trinajstić information content (AvgIpc) is 2.49. The molecule has 1 amide bonds. The summed E-state index contributed by atoms with van der Waals surface area (Å²) in [5.41, 5.74) is 1.01. The number of carbonyl (C=O) groups excluding carboxylic acids is 1. The molecule has 3 nitrogen and oxygen atoms in total. The van der Waals surface area contributed by atoms with Gasteiger partial charge in [0.05, 0.1) is 16.1 Å². The Kier molecular flexibility index (Phi) is 4.49. The molecule has 0 aromatic heterocycles. The average molecular weight is 287 g/mol. The van der Waals surface area contributed by atoms with Crippen LogP contribution in [0.3, 0.4) is 0 Å². The molecule has 0 aliphatic carbocycles. The van der Waals surface area contributed by atoms with E-state index in [-0.39, 0.29) is 11.9 Å². The molecule has 0 bridgehead atoms. The molecule has 0 radical (unpaired) electrons. The van der Waals surface area contributed by atoms with E-state index in [1.807, 2.05) is 24.0 Å². The van der Waals surface area contributed by atoms with E-state index >= 15 is 0 Å². The van der Waals surface area contributed by atoms with E-state index in [9.17, 15) is 4.79 Å². The van der Waals surface area contributed by atoms with Crippen molar-refractivity contribution in [2.24, 2.45) is 0 Å². The van der Waals surface area contributed by atoms with Gasteiger partial charge in [0.25, 0.3) is 0 Å². The fraction of sp³-hybridized carbons (Fsp3) is 0.462. The summed E-state index contributed by atoms with van der Waals surface area (Å²) in [5.74, 6) is 0.138. The van der Waals surface area contributed by atoms with E-state index in [1.165, 1.54) is 0 Å². The van der Waals surface area contributed by atoms with E-state index in [1.54, 1.807) is 6.07 Å². The highest BCUT2D eigenvalue weighted by molar-refractivity contribution is 6.42. The Morgan fingerprint density at radius 3 is 2.89 bits per heavy atom. The first-order valence-corrected chi connectivity index (χ1v) is 6.79. The Labute approximate surface area is 117 Å². The van der Waals surface area contributed by atoms with Crippen LogP contribution in [0.5, 0.6) is 0 Å². The molecule has 2 rings (SSSR count). The lowest BCUT2D eigenvalue weighted by atomic mass is 10.2. The monoisotopic (exact) mass is 286 g/mol. The topological polar surface area (TPSA) is 32.3 Å². The Morgan fingerprint density at radius 2 is 2.17 bits per heavy atom. The smallest absolute Gasteiger partial charge is 0.239 e. The first-order chi connectivity index (χ1) is 8.58. The maximum atomic E-state index is 12.1. The van der Waals surface area contributed by atoms with Gasteiger partial charge >= 0.3 is 0 Å². The highest BCUT2D eigenvalue weighted by atomic mass is 35.5. The predicted molar refractivity (Wildman–Crippen MR) is 74.0 cm³/mol. The zero-order chi connectivity index (χ0) is 13.1. The Hall–Kier alpha value is -0.770. The van der Waals surface area contributed by atoms with Crippen LogP contribution >= 0.6 is 23.2 Å². The van der Waals surface area contributed by atoms with Gasteiger partial charge in [0.15, 0.2) is 0 Å². The fourth-order valence-corrected chi connectivity index (χ4v) is 2.40. The highest BCUT2D eigenvalue weighted by Crippen LogP contribution is 2.23. The first kappa shape index (κ1) is 13.7. The number of benzene rings is 1. The second-order valence-electron chi connectivity index (χ2n) is 4.54. The van der Waals surface area contributed by atoms with Crippen molar-refractivity contribution < 1.29 is 4.79 Å². The van der Waals surface area contributed by atoms with E-state index < -0.39 is 0 Å². The second kappa shape index (κ2) is 5.91. The van der Waals surface area contributed by atoms with Crippen LogP contribution in [0.4, 0.5) is 0 Å². The number of nitrogens with zero attached hydrogens (tertiary/aromatic N) is 1. The van der Waals surface area contributed by atoms with Crippen LogP contribution in [0.25, 0.3) is 0 Å². The normalized spacial score (nSPS) is 20.9. The van der Waals surface area contributed by atoms with Gasteiger partial charge in [-0.2, -0.15) is 0 Å². The molecule has 0 spiro atoms. The van der Waals surface area contributed by atoms with E-state index in [0.717, 1.165) is 25.1 Å². The Morgan fingerprint density at radius 1 is 1.39 bits per heavy atom. The quantitative estimate of drug-likeness (QED) is 0.907. The van der Waals surface area contributed by atoms with Gasteiger partial charge in [-0.1, -0.05) is 29.3 Å². The third-order valence-electron chi connectivity index (χ3n) is 3.09. The summed E-state index contributed by atoms with van der Waals surface area (Å²) in [6.45, 7) is 4.14. The van der Waals surface area contributed by atoms with Gasteiger partial charge in [-0.05, 0) is 37.6 Å². The minimum atomic E-state index is -0.115. The lowest BCUT2D eigenvalue weighted by Crippen LogP contribution is -2.41. The van der Waals surface area contributed by atoms with Crippen molar-refractivity contribution in [3.8, 4) is 0 Å². The molecule has 98 valence electrons. The molecule has 18 heavy (non-hydrogen) atoms. The van der Waals surface area contributed by atoms with Crippen molar-refractivity contribution in [2.75, 3.05) is 13.1 Å². The minimum Gasteiger partial charge on any atom is -0.337 e. The zero-order valence-corrected chi connectivity index (χ0v) is 11.8. The Bertz CT molecular complexity index is 451. The van der Waals surface area contributed by atoms with Crippen molar-refractivity contribution in [1.29, 1.82) is 0 Å². The van der Waals surface area contributed by atoms with E-state index in [2.05, 4.69) is 5.32 Å². The fourth-order valence-electron chi connectivity index (χ4n) is 2.08. The number of hydrogen-bond acceptors (Lipinski definition) is 2. The molecular formula is C13H16Cl2N2O. The molecule has 1 heterocycles. The molecule has 1 saturated heterocycles. The van der Waals surface area contributed by atoms with Crippen molar-refractivity contribution in [3.05, 3.63) is 33.8 Å². The van der Waals surface area contributed by atoms with Crippen LogP contribution in [-0.4, -0.2) is 29.9 Å². The maximum absolute atomic E-state index is 12.1. The molecule has 1 unspecified atom stereocenters. The van der Waals surface area contributed by atoms with Crippen LogP contribution in [0.2, 0.25) is 10.0 Å². The molecule has 5 heteroatoms. The number of nitrogens with one attached hydrogen (secondary N) is 1. The van der Waals surface area contributed by atoms with Crippen molar-refractivity contribution in [3.63, 3.8) is 0 Å². The molecule has 1 atom stereocenters. The van der Waals surface area contributed by atoms with Gasteiger partial charge in [-0.25, -0.2) is 0 Å². The number of hydrogen-bond donors (Lipinski definition) is 1. The SMILES string of the molecule is CC1NCCCN(Cc2ccc(Cl)c(Cl)c2)C1=O. The van der Waals surface area contributed by atoms with Crippen LogP contribution in [0.1, 0.15) is 18.9 Å². The van der Waals surface area contributed by atoms with Crippen molar-refractivity contribution in [2.45, 2.75) is 25.9 Å². The van der Waals surface area contributed by atoms with Crippen LogP contribution < -0.4 is 5.32 Å². The van der Waals surface area contributed by atoms with Gasteiger partial charge < -0.3 is 10.2 Å². The molecule has 1 aliphatic rings. The lowest BCUT2D eigenvalue weighted by molar-refractivity contribution is -0.132. The zero-order valence-electron chi connectivity index (χ0n) is 10.2. The van der Waals surface area contributed by atoms with Crippen molar-refractivity contribution >= 4 is 29.1 Å². The summed E-state index contributed by atoms with van der Waals surface area (Å²) in [5, 5.41) is 4.26. The first-order valence-electron chi connectivity index (χ1n) is 6.04. The molecular weight excluding hydrogens is 271 g/mol.